The molecule has 0 aliphatic carbocycles. The first kappa shape index (κ1) is 18.3. The number of hydrogen-bond acceptors (Lipinski definition) is 2. The summed E-state index contributed by atoms with van der Waals surface area (Å²) >= 11 is 0. The normalized spacial score (nSPS) is 9.72. The van der Waals surface area contributed by atoms with Crippen molar-refractivity contribution >= 4 is 17.5 Å². The number of amides is 2. The number of carbonyl (C=O) groups is 2. The van der Waals surface area contributed by atoms with E-state index in [4.69, 9.17) is 0 Å². The summed E-state index contributed by atoms with van der Waals surface area (Å²) in [6.45, 7) is 6.11. The molecule has 0 aliphatic heterocycles. The number of aryl methyl sites for hydroxylation is 2. The highest BCUT2D eigenvalue weighted by Crippen LogP contribution is 2.19. The summed E-state index contributed by atoms with van der Waals surface area (Å²) in [6, 6.07) is 15.1. The first-order valence-electron chi connectivity index (χ1n) is 8.23. The Morgan fingerprint density at radius 1 is 1.00 bits per heavy atom. The van der Waals surface area contributed by atoms with E-state index in [1.165, 1.54) is 4.90 Å². The van der Waals surface area contributed by atoms with Gasteiger partial charge < -0.3 is 10.2 Å². The van der Waals surface area contributed by atoms with Crippen LogP contribution in [0.1, 0.15) is 23.6 Å². The van der Waals surface area contributed by atoms with E-state index >= 15 is 0 Å². The number of nitrogens with zero attached hydrogens (tertiary/aromatic N) is 1. The zero-order chi connectivity index (χ0) is 18.2. The zero-order valence-corrected chi connectivity index (χ0v) is 14.8. The molecule has 0 aromatic heterocycles. The first-order valence-corrected chi connectivity index (χ1v) is 8.23. The van der Waals surface area contributed by atoms with Crippen LogP contribution >= 0.6 is 0 Å². The Labute approximate surface area is 148 Å². The van der Waals surface area contributed by atoms with Gasteiger partial charge in [-0.1, -0.05) is 42.3 Å². The lowest BCUT2D eigenvalue weighted by molar-refractivity contribution is -0.129. The Kier molecular flexibility index (Phi) is 6.36. The van der Waals surface area contributed by atoms with Crippen molar-refractivity contribution in [3.05, 3.63) is 65.2 Å². The predicted octanol–water partition coefficient (Wildman–Crippen LogP) is 3.14. The fourth-order valence-corrected chi connectivity index (χ4v) is 2.42. The summed E-state index contributed by atoms with van der Waals surface area (Å²) in [5.41, 5.74) is 3.55. The molecule has 2 amide bonds. The molecule has 0 heterocycles. The van der Waals surface area contributed by atoms with Crippen LogP contribution in [0.15, 0.2) is 48.5 Å². The van der Waals surface area contributed by atoms with Crippen LogP contribution in [0, 0.1) is 25.7 Å². The van der Waals surface area contributed by atoms with Gasteiger partial charge in [-0.15, -0.1) is 0 Å². The number of para-hydroxylation sites is 1. The fourth-order valence-electron chi connectivity index (χ4n) is 2.42. The van der Waals surface area contributed by atoms with Gasteiger partial charge in [-0.05, 0) is 44.0 Å². The van der Waals surface area contributed by atoms with Gasteiger partial charge >= 0.3 is 0 Å². The van der Waals surface area contributed by atoms with Crippen molar-refractivity contribution in [3.63, 3.8) is 0 Å². The molecule has 1 N–H and O–H groups in total. The molecule has 4 nitrogen and oxygen atoms in total. The lowest BCUT2D eigenvalue weighted by Crippen LogP contribution is -2.37. The standard InChI is InChI=1S/C21H22N2O2/c1-4-23(20(25)14-13-18-11-6-5-7-12-18)15-19(24)22-21-16(2)9-8-10-17(21)3/h5-12H,4,15H2,1-3H3,(H,22,24). The van der Waals surface area contributed by atoms with Crippen molar-refractivity contribution in [3.8, 4) is 11.8 Å². The monoisotopic (exact) mass is 334 g/mol. The number of hydrogen-bond donors (Lipinski definition) is 1. The van der Waals surface area contributed by atoms with Gasteiger partial charge in [-0.2, -0.15) is 0 Å². The second-order valence-corrected chi connectivity index (χ2v) is 5.75. The third-order valence-corrected chi connectivity index (χ3v) is 3.84. The first-order chi connectivity index (χ1) is 12.0. The van der Waals surface area contributed by atoms with Gasteiger partial charge in [-0.25, -0.2) is 0 Å². The van der Waals surface area contributed by atoms with Gasteiger partial charge in [0, 0.05) is 23.7 Å². The molecule has 0 saturated heterocycles. The zero-order valence-electron chi connectivity index (χ0n) is 14.8. The molecular formula is C21H22N2O2. The van der Waals surface area contributed by atoms with Gasteiger partial charge in [0.25, 0.3) is 5.91 Å². The van der Waals surface area contributed by atoms with Crippen LogP contribution in [0.2, 0.25) is 0 Å². The highest BCUT2D eigenvalue weighted by molar-refractivity contribution is 5.99. The maximum atomic E-state index is 12.3. The molecule has 0 unspecified atom stereocenters. The van der Waals surface area contributed by atoms with Gasteiger partial charge in [-0.3, -0.25) is 9.59 Å². The smallest absolute Gasteiger partial charge is 0.299 e. The predicted molar refractivity (Wildman–Crippen MR) is 100 cm³/mol. The summed E-state index contributed by atoms with van der Waals surface area (Å²) in [5.74, 6) is 4.84. The number of nitrogens with one attached hydrogen (secondary N) is 1. The summed E-state index contributed by atoms with van der Waals surface area (Å²) in [4.78, 5) is 26.0. The highest BCUT2D eigenvalue weighted by Gasteiger charge is 2.15. The molecule has 2 aromatic rings. The second kappa shape index (κ2) is 8.70. The maximum absolute atomic E-state index is 12.3. The van der Waals surface area contributed by atoms with Crippen molar-refractivity contribution in [2.24, 2.45) is 0 Å². The Morgan fingerprint density at radius 2 is 1.64 bits per heavy atom. The quantitative estimate of drug-likeness (QED) is 0.873. The van der Waals surface area contributed by atoms with E-state index in [2.05, 4.69) is 17.2 Å². The summed E-state index contributed by atoms with van der Waals surface area (Å²) < 4.78 is 0. The van der Waals surface area contributed by atoms with E-state index in [1.807, 2.05) is 69.3 Å². The number of anilines is 1. The third kappa shape index (κ3) is 5.22. The molecule has 0 radical (unpaired) electrons. The summed E-state index contributed by atoms with van der Waals surface area (Å²) in [6.07, 6.45) is 0. The summed E-state index contributed by atoms with van der Waals surface area (Å²) in [7, 11) is 0. The van der Waals surface area contributed by atoms with Gasteiger partial charge in [0.2, 0.25) is 5.91 Å². The number of rotatable bonds is 4. The second-order valence-electron chi connectivity index (χ2n) is 5.75. The molecule has 0 saturated carbocycles. The van der Waals surface area contributed by atoms with Crippen LogP contribution in [0.3, 0.4) is 0 Å². The van der Waals surface area contributed by atoms with Crippen LogP contribution in [0.5, 0.6) is 0 Å². The van der Waals surface area contributed by atoms with Crippen LogP contribution in [-0.4, -0.2) is 29.8 Å². The molecule has 25 heavy (non-hydrogen) atoms. The molecule has 2 rings (SSSR count). The van der Waals surface area contributed by atoms with Crippen molar-refractivity contribution in [2.45, 2.75) is 20.8 Å². The summed E-state index contributed by atoms with van der Waals surface area (Å²) in [5, 5.41) is 2.89. The average molecular weight is 334 g/mol. The topological polar surface area (TPSA) is 49.4 Å². The highest BCUT2D eigenvalue weighted by atomic mass is 16.2. The molecule has 0 aliphatic rings. The minimum Gasteiger partial charge on any atom is -0.324 e. The SMILES string of the molecule is CCN(CC(=O)Nc1c(C)cccc1C)C(=O)C#Cc1ccccc1. The van der Waals surface area contributed by atoms with Crippen LogP contribution in [-0.2, 0) is 9.59 Å². The maximum Gasteiger partial charge on any atom is 0.299 e. The number of benzene rings is 2. The Balaban J connectivity index is 2.02. The van der Waals surface area contributed by atoms with Crippen molar-refractivity contribution in [1.82, 2.24) is 4.90 Å². The molecular weight excluding hydrogens is 312 g/mol. The van der Waals surface area contributed by atoms with Gasteiger partial charge in [0.05, 0.1) is 0 Å². The molecule has 2 aromatic carbocycles. The molecule has 4 heteroatoms. The van der Waals surface area contributed by atoms with E-state index in [0.717, 1.165) is 22.4 Å². The Morgan fingerprint density at radius 3 is 2.24 bits per heavy atom. The van der Waals surface area contributed by atoms with Crippen LogP contribution in [0.4, 0.5) is 5.69 Å². The molecule has 0 atom stereocenters. The lowest BCUT2D eigenvalue weighted by Gasteiger charge is -2.18. The number of carbonyl (C=O) groups excluding carboxylic acids is 2. The van der Waals surface area contributed by atoms with E-state index in [0.29, 0.717) is 6.54 Å². The van der Waals surface area contributed by atoms with E-state index < -0.39 is 0 Å². The van der Waals surface area contributed by atoms with Crippen molar-refractivity contribution < 1.29 is 9.59 Å². The van der Waals surface area contributed by atoms with E-state index in [9.17, 15) is 9.59 Å². The third-order valence-electron chi connectivity index (χ3n) is 3.84. The Hall–Kier alpha value is -3.06. The Bertz CT molecular complexity index is 797. The van der Waals surface area contributed by atoms with Crippen molar-refractivity contribution in [1.29, 1.82) is 0 Å². The lowest BCUT2D eigenvalue weighted by atomic mass is 10.1. The molecule has 0 spiro atoms. The number of likely N-dealkylation sites (N-methyl/N-ethyl adjacent to an activating group) is 1. The minimum atomic E-state index is -0.358. The van der Waals surface area contributed by atoms with Gasteiger partial charge in [0.1, 0.15) is 6.54 Å². The average Bonchev–Trinajstić information content (AvgIpc) is 2.61. The van der Waals surface area contributed by atoms with E-state index in [-0.39, 0.29) is 18.4 Å². The van der Waals surface area contributed by atoms with Crippen LogP contribution in [0.25, 0.3) is 0 Å². The van der Waals surface area contributed by atoms with E-state index in [1.54, 1.807) is 0 Å². The largest absolute Gasteiger partial charge is 0.324 e. The van der Waals surface area contributed by atoms with Gasteiger partial charge in [0.15, 0.2) is 0 Å². The van der Waals surface area contributed by atoms with Crippen LogP contribution < -0.4 is 5.32 Å². The molecule has 0 fully saturated rings. The minimum absolute atomic E-state index is 0.0213. The fraction of sp³-hybridized carbons (Fsp3) is 0.238. The molecule has 0 bridgehead atoms. The molecule has 128 valence electrons. The van der Waals surface area contributed by atoms with Crippen molar-refractivity contribution in [2.75, 3.05) is 18.4 Å².